The van der Waals surface area contributed by atoms with Gasteiger partial charge in [0.25, 0.3) is 0 Å². The molecule has 1 unspecified atom stereocenters. The molecular weight excluding hydrogens is 178 g/mol. The van der Waals surface area contributed by atoms with Crippen LogP contribution in [0.15, 0.2) is 24.3 Å². The summed E-state index contributed by atoms with van der Waals surface area (Å²) in [6, 6.07) is 7.35. The van der Waals surface area contributed by atoms with E-state index in [1.165, 1.54) is 5.56 Å². The SMILES string of the molecule is CCc1ccc(C(N)CC(=O)O)cc1. The van der Waals surface area contributed by atoms with Crippen LogP contribution in [0.2, 0.25) is 0 Å². The first kappa shape index (κ1) is 10.7. The topological polar surface area (TPSA) is 63.3 Å². The van der Waals surface area contributed by atoms with Gasteiger partial charge in [-0.2, -0.15) is 0 Å². The molecule has 0 spiro atoms. The standard InChI is InChI=1S/C11H15NO2/c1-2-8-3-5-9(6-4-8)10(12)7-11(13)14/h3-6,10H,2,7,12H2,1H3,(H,13,14). The highest BCUT2D eigenvalue weighted by Gasteiger charge is 2.09. The molecule has 0 aliphatic carbocycles. The maximum absolute atomic E-state index is 10.4. The van der Waals surface area contributed by atoms with E-state index in [9.17, 15) is 4.79 Å². The third-order valence-electron chi connectivity index (χ3n) is 2.21. The van der Waals surface area contributed by atoms with Gasteiger partial charge in [0.2, 0.25) is 0 Å². The average molecular weight is 193 g/mol. The Kier molecular flexibility index (Phi) is 3.65. The number of carbonyl (C=O) groups is 1. The smallest absolute Gasteiger partial charge is 0.305 e. The summed E-state index contributed by atoms with van der Waals surface area (Å²) in [5.41, 5.74) is 7.82. The van der Waals surface area contributed by atoms with Crippen LogP contribution in [0.5, 0.6) is 0 Å². The molecule has 3 heteroatoms. The van der Waals surface area contributed by atoms with E-state index in [0.29, 0.717) is 0 Å². The number of carboxylic acid groups (broad SMARTS) is 1. The lowest BCUT2D eigenvalue weighted by Crippen LogP contribution is -2.14. The Balaban J connectivity index is 2.71. The minimum absolute atomic E-state index is 0.0223. The number of nitrogens with two attached hydrogens (primary N) is 1. The van der Waals surface area contributed by atoms with Crippen molar-refractivity contribution in [1.82, 2.24) is 0 Å². The molecule has 1 rings (SSSR count). The minimum Gasteiger partial charge on any atom is -0.481 e. The lowest BCUT2D eigenvalue weighted by atomic mass is 10.0. The molecule has 14 heavy (non-hydrogen) atoms. The Hall–Kier alpha value is -1.35. The van der Waals surface area contributed by atoms with Crippen molar-refractivity contribution >= 4 is 5.97 Å². The first-order chi connectivity index (χ1) is 6.63. The zero-order valence-corrected chi connectivity index (χ0v) is 8.23. The molecular formula is C11H15NO2. The number of aliphatic carboxylic acids is 1. The Bertz CT molecular complexity index is 306. The Morgan fingerprint density at radius 3 is 2.43 bits per heavy atom. The normalized spacial score (nSPS) is 12.4. The van der Waals surface area contributed by atoms with Crippen LogP contribution < -0.4 is 5.73 Å². The summed E-state index contributed by atoms with van der Waals surface area (Å²) >= 11 is 0. The van der Waals surface area contributed by atoms with Gasteiger partial charge in [-0.05, 0) is 17.5 Å². The van der Waals surface area contributed by atoms with Crippen molar-refractivity contribution in [3.8, 4) is 0 Å². The molecule has 0 heterocycles. The van der Waals surface area contributed by atoms with Crippen molar-refractivity contribution in [2.24, 2.45) is 5.73 Å². The van der Waals surface area contributed by atoms with Crippen LogP contribution in [-0.2, 0) is 11.2 Å². The van der Waals surface area contributed by atoms with E-state index in [2.05, 4.69) is 6.92 Å². The first-order valence-electron chi connectivity index (χ1n) is 4.69. The second-order valence-corrected chi connectivity index (χ2v) is 3.30. The first-order valence-corrected chi connectivity index (χ1v) is 4.69. The maximum atomic E-state index is 10.4. The molecule has 3 nitrogen and oxygen atoms in total. The Labute approximate surface area is 83.6 Å². The van der Waals surface area contributed by atoms with Crippen molar-refractivity contribution < 1.29 is 9.90 Å². The van der Waals surface area contributed by atoms with Gasteiger partial charge in [0.1, 0.15) is 0 Å². The fourth-order valence-electron chi connectivity index (χ4n) is 1.31. The molecule has 3 N–H and O–H groups in total. The predicted molar refractivity (Wildman–Crippen MR) is 55.0 cm³/mol. The fourth-order valence-corrected chi connectivity index (χ4v) is 1.31. The van der Waals surface area contributed by atoms with Crippen LogP contribution >= 0.6 is 0 Å². The molecule has 1 atom stereocenters. The van der Waals surface area contributed by atoms with Crippen molar-refractivity contribution in [1.29, 1.82) is 0 Å². The highest BCUT2D eigenvalue weighted by atomic mass is 16.4. The molecule has 1 aromatic carbocycles. The van der Waals surface area contributed by atoms with E-state index in [4.69, 9.17) is 10.8 Å². The zero-order chi connectivity index (χ0) is 10.6. The van der Waals surface area contributed by atoms with Crippen LogP contribution in [0.4, 0.5) is 0 Å². The van der Waals surface area contributed by atoms with Crippen LogP contribution in [0, 0.1) is 0 Å². The average Bonchev–Trinajstić information content (AvgIpc) is 2.17. The molecule has 0 aromatic heterocycles. The van der Waals surface area contributed by atoms with Gasteiger partial charge >= 0.3 is 5.97 Å². The van der Waals surface area contributed by atoms with E-state index in [-0.39, 0.29) is 6.42 Å². The van der Waals surface area contributed by atoms with Gasteiger partial charge in [-0.25, -0.2) is 0 Å². The minimum atomic E-state index is -0.864. The molecule has 0 saturated carbocycles. The summed E-state index contributed by atoms with van der Waals surface area (Å²) in [4.78, 5) is 10.4. The van der Waals surface area contributed by atoms with Gasteiger partial charge in [-0.15, -0.1) is 0 Å². The fraction of sp³-hybridized carbons (Fsp3) is 0.364. The number of rotatable bonds is 4. The zero-order valence-electron chi connectivity index (χ0n) is 8.23. The Morgan fingerprint density at radius 2 is 2.00 bits per heavy atom. The highest BCUT2D eigenvalue weighted by Crippen LogP contribution is 2.14. The Morgan fingerprint density at radius 1 is 1.43 bits per heavy atom. The van der Waals surface area contributed by atoms with Crippen molar-refractivity contribution in [3.63, 3.8) is 0 Å². The molecule has 0 amide bonds. The summed E-state index contributed by atoms with van der Waals surface area (Å²) in [5.74, 6) is -0.864. The lowest BCUT2D eigenvalue weighted by Gasteiger charge is -2.09. The summed E-state index contributed by atoms with van der Waals surface area (Å²) in [7, 11) is 0. The molecule has 0 aliphatic rings. The van der Waals surface area contributed by atoms with Crippen LogP contribution in [0.3, 0.4) is 0 Å². The van der Waals surface area contributed by atoms with Gasteiger partial charge in [0.15, 0.2) is 0 Å². The summed E-state index contributed by atoms with van der Waals surface area (Å²) in [5, 5.41) is 8.57. The van der Waals surface area contributed by atoms with E-state index < -0.39 is 12.0 Å². The van der Waals surface area contributed by atoms with Crippen molar-refractivity contribution in [3.05, 3.63) is 35.4 Å². The number of aryl methyl sites for hydroxylation is 1. The van der Waals surface area contributed by atoms with Crippen molar-refractivity contribution in [2.75, 3.05) is 0 Å². The molecule has 0 bridgehead atoms. The third kappa shape index (κ3) is 2.85. The number of carboxylic acids is 1. The van der Waals surface area contributed by atoms with Crippen LogP contribution in [0.25, 0.3) is 0 Å². The molecule has 76 valence electrons. The van der Waals surface area contributed by atoms with Gasteiger partial charge in [-0.3, -0.25) is 4.79 Å². The van der Waals surface area contributed by atoms with Gasteiger partial charge in [0, 0.05) is 6.04 Å². The molecule has 0 fully saturated rings. The van der Waals surface area contributed by atoms with E-state index in [1.807, 2.05) is 24.3 Å². The molecule has 0 radical (unpaired) electrons. The summed E-state index contributed by atoms with van der Waals surface area (Å²) < 4.78 is 0. The third-order valence-corrected chi connectivity index (χ3v) is 2.21. The van der Waals surface area contributed by atoms with Crippen LogP contribution in [-0.4, -0.2) is 11.1 Å². The van der Waals surface area contributed by atoms with E-state index in [1.54, 1.807) is 0 Å². The second kappa shape index (κ2) is 4.77. The van der Waals surface area contributed by atoms with E-state index >= 15 is 0 Å². The number of benzene rings is 1. The van der Waals surface area contributed by atoms with Gasteiger partial charge < -0.3 is 10.8 Å². The molecule has 1 aromatic rings. The largest absolute Gasteiger partial charge is 0.481 e. The predicted octanol–water partition coefficient (Wildman–Crippen LogP) is 1.72. The molecule has 0 saturated heterocycles. The highest BCUT2D eigenvalue weighted by molar-refractivity contribution is 5.67. The van der Waals surface area contributed by atoms with Crippen molar-refractivity contribution in [2.45, 2.75) is 25.8 Å². The van der Waals surface area contributed by atoms with E-state index in [0.717, 1.165) is 12.0 Å². The maximum Gasteiger partial charge on any atom is 0.305 e. The summed E-state index contributed by atoms with van der Waals surface area (Å²) in [6.07, 6.45) is 0.958. The van der Waals surface area contributed by atoms with Gasteiger partial charge in [-0.1, -0.05) is 31.2 Å². The lowest BCUT2D eigenvalue weighted by molar-refractivity contribution is -0.137. The van der Waals surface area contributed by atoms with Gasteiger partial charge in [0.05, 0.1) is 6.42 Å². The number of hydrogen-bond donors (Lipinski definition) is 2. The summed E-state index contributed by atoms with van der Waals surface area (Å²) in [6.45, 7) is 2.08. The number of hydrogen-bond acceptors (Lipinski definition) is 2. The quantitative estimate of drug-likeness (QED) is 0.765. The van der Waals surface area contributed by atoms with Crippen LogP contribution in [0.1, 0.15) is 30.5 Å². The second-order valence-electron chi connectivity index (χ2n) is 3.30. The monoisotopic (exact) mass is 193 g/mol. The molecule has 0 aliphatic heterocycles.